The maximum absolute atomic E-state index is 12.8. The second-order valence-electron chi connectivity index (χ2n) is 6.00. The predicted octanol–water partition coefficient (Wildman–Crippen LogP) is 2.30. The Morgan fingerprint density at radius 3 is 2.62 bits per heavy atom. The molecule has 1 unspecified atom stereocenters. The van der Waals surface area contributed by atoms with Crippen molar-refractivity contribution in [2.45, 2.75) is 32.1 Å². The molecule has 1 aromatic carbocycles. The summed E-state index contributed by atoms with van der Waals surface area (Å²) in [6.07, 6.45) is 0.922. The molecule has 0 aliphatic carbocycles. The fourth-order valence-corrected chi connectivity index (χ4v) is 4.58. The molecule has 1 heterocycles. The first-order valence-corrected chi connectivity index (χ1v) is 8.99. The summed E-state index contributed by atoms with van der Waals surface area (Å²) in [5.41, 5.74) is 6.93. The summed E-state index contributed by atoms with van der Waals surface area (Å²) in [6, 6.07) is 5.12. The van der Waals surface area contributed by atoms with Gasteiger partial charge in [-0.05, 0) is 36.8 Å². The first-order chi connectivity index (χ1) is 9.73. The van der Waals surface area contributed by atoms with Crippen molar-refractivity contribution in [1.82, 2.24) is 4.31 Å². The Labute approximate surface area is 132 Å². The molecule has 2 rings (SSSR count). The molecule has 6 heteroatoms. The van der Waals surface area contributed by atoms with Gasteiger partial charge in [-0.1, -0.05) is 38.2 Å². The third-order valence-corrected chi connectivity index (χ3v) is 6.46. The minimum Gasteiger partial charge on any atom is -0.389 e. The summed E-state index contributed by atoms with van der Waals surface area (Å²) in [7, 11) is -3.47. The lowest BCUT2D eigenvalue weighted by Gasteiger charge is -2.19. The fraction of sp³-hybridized carbons (Fsp3) is 0.533. The zero-order valence-corrected chi connectivity index (χ0v) is 14.3. The van der Waals surface area contributed by atoms with Crippen LogP contribution in [0.3, 0.4) is 0 Å². The second-order valence-corrected chi connectivity index (χ2v) is 8.35. The number of thiocarbonyl (C=S) groups is 1. The number of hydrogen-bond donors (Lipinski definition) is 1. The second kappa shape index (κ2) is 6.02. The van der Waals surface area contributed by atoms with Crippen LogP contribution in [0.1, 0.15) is 31.4 Å². The normalized spacial score (nSPS) is 20.1. The molecule has 1 aromatic rings. The average Bonchev–Trinajstić information content (AvgIpc) is 2.89. The minimum atomic E-state index is -3.47. The SMILES string of the molecule is Cc1ccc(C(N)=S)cc1S(=O)(=O)N1CCC(C(C)C)C1. The molecule has 1 fully saturated rings. The summed E-state index contributed by atoms with van der Waals surface area (Å²) >= 11 is 4.94. The number of sulfonamides is 1. The number of benzene rings is 1. The molecule has 2 N–H and O–H groups in total. The van der Waals surface area contributed by atoms with Crippen LogP contribution in [0.15, 0.2) is 23.1 Å². The minimum absolute atomic E-state index is 0.216. The monoisotopic (exact) mass is 326 g/mol. The van der Waals surface area contributed by atoms with E-state index >= 15 is 0 Å². The van der Waals surface area contributed by atoms with Gasteiger partial charge < -0.3 is 5.73 Å². The molecule has 1 aliphatic heterocycles. The average molecular weight is 326 g/mol. The van der Waals surface area contributed by atoms with E-state index in [1.54, 1.807) is 29.4 Å². The van der Waals surface area contributed by atoms with Crippen LogP contribution in [0.5, 0.6) is 0 Å². The lowest BCUT2D eigenvalue weighted by Crippen LogP contribution is -2.30. The van der Waals surface area contributed by atoms with Crippen LogP contribution in [-0.2, 0) is 10.0 Å². The smallest absolute Gasteiger partial charge is 0.243 e. The third kappa shape index (κ3) is 3.27. The highest BCUT2D eigenvalue weighted by molar-refractivity contribution is 7.89. The van der Waals surface area contributed by atoms with E-state index in [0.29, 0.717) is 35.4 Å². The Hall–Kier alpha value is -0.980. The van der Waals surface area contributed by atoms with Crippen LogP contribution in [-0.4, -0.2) is 30.8 Å². The van der Waals surface area contributed by atoms with Gasteiger partial charge in [0.15, 0.2) is 0 Å². The highest BCUT2D eigenvalue weighted by atomic mass is 32.2. The molecule has 116 valence electrons. The van der Waals surface area contributed by atoms with Crippen LogP contribution >= 0.6 is 12.2 Å². The zero-order chi connectivity index (χ0) is 15.8. The van der Waals surface area contributed by atoms with Gasteiger partial charge in [0.25, 0.3) is 0 Å². The van der Waals surface area contributed by atoms with Crippen molar-refractivity contribution in [3.63, 3.8) is 0 Å². The molecular weight excluding hydrogens is 304 g/mol. The van der Waals surface area contributed by atoms with Gasteiger partial charge in [-0.15, -0.1) is 0 Å². The van der Waals surface area contributed by atoms with Crippen molar-refractivity contribution >= 4 is 27.2 Å². The fourth-order valence-electron chi connectivity index (χ4n) is 2.69. The van der Waals surface area contributed by atoms with E-state index in [0.717, 1.165) is 12.0 Å². The van der Waals surface area contributed by atoms with Crippen molar-refractivity contribution in [3.05, 3.63) is 29.3 Å². The highest BCUT2D eigenvalue weighted by Gasteiger charge is 2.34. The van der Waals surface area contributed by atoms with E-state index < -0.39 is 10.0 Å². The van der Waals surface area contributed by atoms with E-state index in [-0.39, 0.29) is 4.99 Å². The number of nitrogens with zero attached hydrogens (tertiary/aromatic N) is 1. The Kier molecular flexibility index (Phi) is 4.70. The summed E-state index contributed by atoms with van der Waals surface area (Å²) in [5, 5.41) is 0. The van der Waals surface area contributed by atoms with Crippen molar-refractivity contribution < 1.29 is 8.42 Å². The third-order valence-electron chi connectivity index (χ3n) is 4.22. The Morgan fingerprint density at radius 2 is 2.10 bits per heavy atom. The number of hydrogen-bond acceptors (Lipinski definition) is 3. The van der Waals surface area contributed by atoms with Gasteiger partial charge in [0.2, 0.25) is 10.0 Å². The van der Waals surface area contributed by atoms with Crippen LogP contribution in [0.4, 0.5) is 0 Å². The van der Waals surface area contributed by atoms with Crippen LogP contribution in [0.2, 0.25) is 0 Å². The molecule has 0 aromatic heterocycles. The molecular formula is C15H22N2O2S2. The van der Waals surface area contributed by atoms with Crippen molar-refractivity contribution in [3.8, 4) is 0 Å². The number of aryl methyl sites for hydroxylation is 1. The lowest BCUT2D eigenvalue weighted by atomic mass is 9.96. The van der Waals surface area contributed by atoms with Crippen molar-refractivity contribution in [2.75, 3.05) is 13.1 Å². The summed E-state index contributed by atoms with van der Waals surface area (Å²) < 4.78 is 27.3. The first-order valence-electron chi connectivity index (χ1n) is 7.14. The Bertz CT molecular complexity index is 654. The molecule has 0 radical (unpaired) electrons. The van der Waals surface area contributed by atoms with Gasteiger partial charge in [0, 0.05) is 18.7 Å². The quantitative estimate of drug-likeness (QED) is 0.862. The maximum atomic E-state index is 12.8. The van der Waals surface area contributed by atoms with Crippen molar-refractivity contribution in [2.24, 2.45) is 17.6 Å². The molecule has 1 saturated heterocycles. The number of nitrogens with two attached hydrogens (primary N) is 1. The van der Waals surface area contributed by atoms with Gasteiger partial charge in [0.05, 0.1) is 4.90 Å². The number of rotatable bonds is 4. The molecule has 4 nitrogen and oxygen atoms in total. The molecule has 1 atom stereocenters. The van der Waals surface area contributed by atoms with Crippen LogP contribution < -0.4 is 5.73 Å². The van der Waals surface area contributed by atoms with Crippen molar-refractivity contribution in [1.29, 1.82) is 0 Å². The van der Waals surface area contributed by atoms with Gasteiger partial charge in [-0.25, -0.2) is 8.42 Å². The molecule has 0 bridgehead atoms. The maximum Gasteiger partial charge on any atom is 0.243 e. The van der Waals surface area contributed by atoms with E-state index in [2.05, 4.69) is 13.8 Å². The van der Waals surface area contributed by atoms with E-state index in [1.165, 1.54) is 0 Å². The molecule has 0 spiro atoms. The Morgan fingerprint density at radius 1 is 1.43 bits per heavy atom. The predicted molar refractivity (Wildman–Crippen MR) is 88.8 cm³/mol. The molecule has 1 aliphatic rings. The van der Waals surface area contributed by atoms with Gasteiger partial charge in [-0.2, -0.15) is 4.31 Å². The largest absolute Gasteiger partial charge is 0.389 e. The van der Waals surface area contributed by atoms with E-state index in [4.69, 9.17) is 18.0 Å². The Balaban J connectivity index is 2.36. The molecule has 21 heavy (non-hydrogen) atoms. The van der Waals surface area contributed by atoms with E-state index in [1.807, 2.05) is 0 Å². The lowest BCUT2D eigenvalue weighted by molar-refractivity contribution is 0.388. The summed E-state index contributed by atoms with van der Waals surface area (Å²) in [6.45, 7) is 7.25. The van der Waals surface area contributed by atoms with Gasteiger partial charge in [0.1, 0.15) is 4.99 Å². The first kappa shape index (κ1) is 16.4. The topological polar surface area (TPSA) is 63.4 Å². The standard InChI is InChI=1S/C15H22N2O2S2/c1-10(2)13-6-7-17(9-13)21(18,19)14-8-12(15(16)20)5-4-11(14)3/h4-5,8,10,13H,6-7,9H2,1-3H3,(H2,16,20). The van der Waals surface area contributed by atoms with Crippen LogP contribution in [0.25, 0.3) is 0 Å². The van der Waals surface area contributed by atoms with Gasteiger partial charge >= 0.3 is 0 Å². The zero-order valence-electron chi connectivity index (χ0n) is 12.7. The molecule has 0 saturated carbocycles. The van der Waals surface area contributed by atoms with E-state index in [9.17, 15) is 8.42 Å². The summed E-state index contributed by atoms with van der Waals surface area (Å²) in [5.74, 6) is 0.924. The van der Waals surface area contributed by atoms with Crippen LogP contribution in [0, 0.1) is 18.8 Å². The highest BCUT2D eigenvalue weighted by Crippen LogP contribution is 2.30. The van der Waals surface area contributed by atoms with Gasteiger partial charge in [-0.3, -0.25) is 0 Å². The molecule has 0 amide bonds. The summed E-state index contributed by atoms with van der Waals surface area (Å²) in [4.78, 5) is 0.533.